The van der Waals surface area contributed by atoms with Crippen LogP contribution in [0.2, 0.25) is 0 Å². The lowest BCUT2D eigenvalue weighted by atomic mass is 9.97. The second kappa shape index (κ2) is 3.21. The van der Waals surface area contributed by atoms with E-state index in [2.05, 4.69) is 4.74 Å². The smallest absolute Gasteiger partial charge is 0.312 e. The fourth-order valence-electron chi connectivity index (χ4n) is 0.314. The summed E-state index contributed by atoms with van der Waals surface area (Å²) < 4.78 is 4.56. The van der Waals surface area contributed by atoms with Crippen molar-refractivity contribution >= 4 is 5.97 Å². The molecule has 0 amide bonds. The number of hydrogen-bond acceptors (Lipinski definition) is 3. The fourth-order valence-corrected chi connectivity index (χ4v) is 0.314. The topological polar surface area (TPSA) is 50.1 Å². The van der Waals surface area contributed by atoms with Gasteiger partial charge in [-0.15, -0.1) is 0 Å². The van der Waals surface area contributed by atoms with Gasteiger partial charge in [0.05, 0.1) is 5.41 Å². The van der Waals surface area contributed by atoms with Gasteiger partial charge in [-0.3, -0.25) is 4.79 Å². The number of nitriles is 1. The summed E-state index contributed by atoms with van der Waals surface area (Å²) in [6.07, 6.45) is 0. The molecule has 0 radical (unpaired) electrons. The summed E-state index contributed by atoms with van der Waals surface area (Å²) in [6, 6.07) is 1.73. The van der Waals surface area contributed by atoms with E-state index in [0.29, 0.717) is 0 Å². The van der Waals surface area contributed by atoms with Crippen LogP contribution < -0.4 is 0 Å². The Labute approximate surface area is 60.6 Å². The van der Waals surface area contributed by atoms with E-state index in [1.807, 2.05) is 0 Å². The van der Waals surface area contributed by atoms with Crippen LogP contribution in [0.4, 0.5) is 0 Å². The van der Waals surface area contributed by atoms with Crippen molar-refractivity contribution in [2.75, 3.05) is 6.61 Å². The zero-order chi connectivity index (χ0) is 8.20. The monoisotopic (exact) mass is 141 g/mol. The summed E-state index contributed by atoms with van der Waals surface area (Å²) in [7, 11) is 0. The summed E-state index contributed by atoms with van der Waals surface area (Å²) in [5.41, 5.74) is -0.503. The highest BCUT2D eigenvalue weighted by molar-refractivity contribution is 5.75. The second-order valence-corrected chi connectivity index (χ2v) is 2.98. The van der Waals surface area contributed by atoms with Gasteiger partial charge in [0.25, 0.3) is 0 Å². The van der Waals surface area contributed by atoms with E-state index < -0.39 is 5.41 Å². The lowest BCUT2D eigenvalue weighted by molar-refractivity contribution is -0.151. The maximum Gasteiger partial charge on any atom is 0.312 e. The van der Waals surface area contributed by atoms with E-state index in [4.69, 9.17) is 5.26 Å². The normalized spacial score (nSPS) is 10.2. The average Bonchev–Trinajstić information content (AvgIpc) is 1.80. The molecule has 0 aromatic rings. The zero-order valence-corrected chi connectivity index (χ0v) is 6.47. The Hall–Kier alpha value is -1.04. The number of esters is 1. The molecule has 56 valence electrons. The molecular weight excluding hydrogens is 130 g/mol. The van der Waals surface area contributed by atoms with Gasteiger partial charge in [-0.25, -0.2) is 0 Å². The molecule has 0 atom stereocenters. The van der Waals surface area contributed by atoms with Crippen LogP contribution in [0.25, 0.3) is 0 Å². The van der Waals surface area contributed by atoms with E-state index >= 15 is 0 Å². The molecule has 3 heteroatoms. The molecular formula is C7H11NO2. The van der Waals surface area contributed by atoms with Gasteiger partial charge in [0.2, 0.25) is 0 Å². The predicted octanol–water partition coefficient (Wildman–Crippen LogP) is 1.10. The van der Waals surface area contributed by atoms with E-state index in [9.17, 15) is 4.79 Å². The van der Waals surface area contributed by atoms with Crippen LogP contribution >= 0.6 is 0 Å². The summed E-state index contributed by atoms with van der Waals surface area (Å²) >= 11 is 0. The van der Waals surface area contributed by atoms with Crippen LogP contribution in [0.15, 0.2) is 0 Å². The van der Waals surface area contributed by atoms with Crippen molar-refractivity contribution in [3.05, 3.63) is 0 Å². The Morgan fingerprint density at radius 1 is 1.60 bits per heavy atom. The Morgan fingerprint density at radius 3 is 2.40 bits per heavy atom. The van der Waals surface area contributed by atoms with Crippen molar-refractivity contribution in [1.29, 1.82) is 5.26 Å². The molecule has 0 saturated heterocycles. The van der Waals surface area contributed by atoms with Crippen LogP contribution in [-0.4, -0.2) is 12.6 Å². The minimum atomic E-state index is -0.503. The van der Waals surface area contributed by atoms with Crippen LogP contribution in [0.5, 0.6) is 0 Å². The Kier molecular flexibility index (Phi) is 2.88. The maximum absolute atomic E-state index is 10.9. The largest absolute Gasteiger partial charge is 0.450 e. The van der Waals surface area contributed by atoms with Gasteiger partial charge < -0.3 is 4.74 Å². The average molecular weight is 141 g/mol. The van der Waals surface area contributed by atoms with Crippen molar-refractivity contribution < 1.29 is 9.53 Å². The maximum atomic E-state index is 10.9. The van der Waals surface area contributed by atoms with Crippen molar-refractivity contribution in [1.82, 2.24) is 0 Å². The molecule has 0 aliphatic rings. The van der Waals surface area contributed by atoms with Crippen LogP contribution in [0, 0.1) is 16.7 Å². The number of carbonyl (C=O) groups is 1. The van der Waals surface area contributed by atoms with Crippen LogP contribution in [0.3, 0.4) is 0 Å². The molecule has 0 bridgehead atoms. The number of nitrogens with zero attached hydrogens (tertiary/aromatic N) is 1. The Balaban J connectivity index is 3.78. The molecule has 0 aliphatic carbocycles. The van der Waals surface area contributed by atoms with Gasteiger partial charge in [-0.1, -0.05) is 0 Å². The van der Waals surface area contributed by atoms with Gasteiger partial charge in [-0.2, -0.15) is 5.26 Å². The summed E-state index contributed by atoms with van der Waals surface area (Å²) in [5.74, 6) is -0.339. The molecule has 3 nitrogen and oxygen atoms in total. The molecule has 0 aliphatic heterocycles. The lowest BCUT2D eigenvalue weighted by Crippen LogP contribution is -2.22. The van der Waals surface area contributed by atoms with E-state index in [-0.39, 0.29) is 12.6 Å². The quantitative estimate of drug-likeness (QED) is 0.514. The van der Waals surface area contributed by atoms with Crippen molar-refractivity contribution in [2.24, 2.45) is 5.41 Å². The number of rotatable bonds is 1. The summed E-state index contributed by atoms with van der Waals surface area (Å²) in [4.78, 5) is 10.9. The molecule has 0 aromatic carbocycles. The van der Waals surface area contributed by atoms with Crippen LogP contribution in [-0.2, 0) is 9.53 Å². The third kappa shape index (κ3) is 3.08. The minimum Gasteiger partial charge on any atom is -0.450 e. The third-order valence-corrected chi connectivity index (χ3v) is 0.880. The molecule has 0 unspecified atom stereocenters. The van der Waals surface area contributed by atoms with E-state index in [1.165, 1.54) is 0 Å². The third-order valence-electron chi connectivity index (χ3n) is 0.880. The van der Waals surface area contributed by atoms with Crippen molar-refractivity contribution in [2.45, 2.75) is 20.8 Å². The van der Waals surface area contributed by atoms with Gasteiger partial charge in [0, 0.05) is 0 Å². The van der Waals surface area contributed by atoms with Crippen molar-refractivity contribution in [3.63, 3.8) is 0 Å². The molecule has 0 fully saturated rings. The number of hydrogen-bond donors (Lipinski definition) is 0. The fraction of sp³-hybridized carbons (Fsp3) is 0.714. The van der Waals surface area contributed by atoms with Gasteiger partial charge >= 0.3 is 5.97 Å². The highest BCUT2D eigenvalue weighted by Crippen LogP contribution is 2.14. The lowest BCUT2D eigenvalue weighted by Gasteiger charge is -2.14. The summed E-state index contributed by atoms with van der Waals surface area (Å²) in [5, 5.41) is 8.05. The Bertz CT molecular complexity index is 161. The molecule has 0 heterocycles. The number of carbonyl (C=O) groups excluding carboxylic acids is 1. The first-order valence-electron chi connectivity index (χ1n) is 3.02. The number of ether oxygens (including phenoxy) is 1. The molecule has 0 spiro atoms. The predicted molar refractivity (Wildman–Crippen MR) is 36.0 cm³/mol. The second-order valence-electron chi connectivity index (χ2n) is 2.98. The molecule has 0 saturated carbocycles. The zero-order valence-electron chi connectivity index (χ0n) is 6.47. The first kappa shape index (κ1) is 8.96. The van der Waals surface area contributed by atoms with Gasteiger partial charge in [0.15, 0.2) is 6.61 Å². The first-order chi connectivity index (χ1) is 4.48. The minimum absolute atomic E-state index is 0.157. The van der Waals surface area contributed by atoms with Crippen molar-refractivity contribution in [3.8, 4) is 6.07 Å². The standard InChI is InChI=1S/C7H11NO2/c1-7(2,3)6(9)10-5-4-8/h5H2,1-3H3. The van der Waals surface area contributed by atoms with E-state index in [0.717, 1.165) is 0 Å². The highest BCUT2D eigenvalue weighted by Gasteiger charge is 2.22. The molecule has 0 N–H and O–H groups in total. The van der Waals surface area contributed by atoms with Gasteiger partial charge in [0.1, 0.15) is 6.07 Å². The first-order valence-corrected chi connectivity index (χ1v) is 3.02. The van der Waals surface area contributed by atoms with Gasteiger partial charge in [-0.05, 0) is 20.8 Å². The Morgan fingerprint density at radius 2 is 2.10 bits per heavy atom. The highest BCUT2D eigenvalue weighted by atomic mass is 16.5. The summed E-state index contributed by atoms with van der Waals surface area (Å²) in [6.45, 7) is 5.07. The SMILES string of the molecule is CC(C)(C)C(=O)OCC#N. The van der Waals surface area contributed by atoms with Crippen LogP contribution in [0.1, 0.15) is 20.8 Å². The molecule has 0 rings (SSSR count). The molecule has 0 aromatic heterocycles. The van der Waals surface area contributed by atoms with E-state index in [1.54, 1.807) is 26.8 Å². The molecule has 10 heavy (non-hydrogen) atoms.